The van der Waals surface area contributed by atoms with Gasteiger partial charge < -0.3 is 10.2 Å². The molecule has 0 atom stereocenters. The van der Waals surface area contributed by atoms with Crippen molar-refractivity contribution in [1.82, 2.24) is 25.1 Å². The first-order valence-corrected chi connectivity index (χ1v) is 8.07. The molecule has 0 radical (unpaired) electrons. The molecule has 1 aliphatic heterocycles. The van der Waals surface area contributed by atoms with Crippen LogP contribution < -0.4 is 5.32 Å². The first-order valence-electron chi connectivity index (χ1n) is 8.07. The largest absolute Gasteiger partial charge is 0.382 e. The monoisotopic (exact) mass is 318 g/mol. The highest BCUT2D eigenvalue weighted by atomic mass is 19.1. The normalized spacial score (nSPS) is 16.9. The Kier molecular flexibility index (Phi) is 4.56. The third kappa shape index (κ3) is 3.50. The van der Waals surface area contributed by atoms with E-state index in [1.165, 1.54) is 6.07 Å². The van der Waals surface area contributed by atoms with Gasteiger partial charge in [0, 0.05) is 11.7 Å². The molecule has 1 N–H and O–H groups in total. The third-order valence-electron chi connectivity index (χ3n) is 4.28. The van der Waals surface area contributed by atoms with Crippen molar-refractivity contribution in [2.45, 2.75) is 38.8 Å². The fourth-order valence-electron chi connectivity index (χ4n) is 2.89. The van der Waals surface area contributed by atoms with E-state index in [0.29, 0.717) is 17.4 Å². The van der Waals surface area contributed by atoms with Gasteiger partial charge in [-0.2, -0.15) is 0 Å². The molecule has 124 valence electrons. The van der Waals surface area contributed by atoms with E-state index in [1.807, 2.05) is 19.9 Å². The van der Waals surface area contributed by atoms with Gasteiger partial charge in [0.05, 0.1) is 11.6 Å². The summed E-state index contributed by atoms with van der Waals surface area (Å²) in [5.74, 6) is 0.156. The van der Waals surface area contributed by atoms with Gasteiger partial charge >= 0.3 is 0 Å². The minimum Gasteiger partial charge on any atom is -0.382 e. The average Bonchev–Trinajstić information content (AvgIpc) is 2.99. The highest BCUT2D eigenvalue weighted by Gasteiger charge is 2.18. The zero-order chi connectivity index (χ0) is 16.4. The number of nitrogens with one attached hydrogen (secondary N) is 1. The number of halogens is 1. The highest BCUT2D eigenvalue weighted by Crippen LogP contribution is 2.26. The van der Waals surface area contributed by atoms with E-state index >= 15 is 0 Å². The molecule has 0 spiro atoms. The Hall–Kier alpha value is -2.02. The second-order valence-corrected chi connectivity index (χ2v) is 6.46. The van der Waals surface area contributed by atoms with Gasteiger partial charge in [0.2, 0.25) is 0 Å². The Morgan fingerprint density at radius 2 is 2.00 bits per heavy atom. The molecule has 1 aromatic heterocycles. The van der Waals surface area contributed by atoms with E-state index in [9.17, 15) is 4.39 Å². The highest BCUT2D eigenvalue weighted by molar-refractivity contribution is 5.61. The van der Waals surface area contributed by atoms with Crippen LogP contribution in [-0.4, -0.2) is 51.3 Å². The lowest BCUT2D eigenvalue weighted by Crippen LogP contribution is -2.36. The molecule has 0 amide bonds. The van der Waals surface area contributed by atoms with Crippen LogP contribution in [0.2, 0.25) is 0 Å². The fourth-order valence-corrected chi connectivity index (χ4v) is 2.89. The van der Waals surface area contributed by atoms with E-state index in [-0.39, 0.29) is 11.9 Å². The Morgan fingerprint density at radius 3 is 2.65 bits per heavy atom. The molecular formula is C16H23FN6. The van der Waals surface area contributed by atoms with Crippen LogP contribution in [-0.2, 0) is 0 Å². The van der Waals surface area contributed by atoms with Gasteiger partial charge in [0.1, 0.15) is 5.82 Å². The summed E-state index contributed by atoms with van der Waals surface area (Å²) in [6, 6.07) is 5.66. The number of rotatable bonds is 4. The maximum atomic E-state index is 14.5. The van der Waals surface area contributed by atoms with Crippen LogP contribution >= 0.6 is 0 Å². The van der Waals surface area contributed by atoms with Gasteiger partial charge in [-0.15, -0.1) is 5.10 Å². The lowest BCUT2D eigenvalue weighted by molar-refractivity contribution is 0.264. The minimum atomic E-state index is -0.306. The summed E-state index contributed by atoms with van der Waals surface area (Å²) >= 11 is 0. The van der Waals surface area contributed by atoms with Crippen molar-refractivity contribution in [3.8, 4) is 11.4 Å². The minimum absolute atomic E-state index is 0.0800. The second kappa shape index (κ2) is 6.62. The molecule has 0 aliphatic carbocycles. The van der Waals surface area contributed by atoms with Crippen molar-refractivity contribution < 1.29 is 4.39 Å². The summed E-state index contributed by atoms with van der Waals surface area (Å²) in [6.07, 6.45) is 2.15. The van der Waals surface area contributed by atoms with Gasteiger partial charge in [-0.05, 0) is 75.5 Å². The number of piperidine rings is 1. The quantitative estimate of drug-likeness (QED) is 0.939. The van der Waals surface area contributed by atoms with E-state index < -0.39 is 0 Å². The van der Waals surface area contributed by atoms with Crippen LogP contribution in [0.5, 0.6) is 0 Å². The van der Waals surface area contributed by atoms with Crippen molar-refractivity contribution in [3.63, 3.8) is 0 Å². The smallest absolute Gasteiger partial charge is 0.185 e. The molecule has 0 bridgehead atoms. The number of nitrogens with zero attached hydrogens (tertiary/aromatic N) is 5. The lowest BCUT2D eigenvalue weighted by atomic mass is 10.0. The van der Waals surface area contributed by atoms with Crippen LogP contribution in [0.4, 0.5) is 10.1 Å². The summed E-state index contributed by atoms with van der Waals surface area (Å²) in [4.78, 5) is 2.31. The van der Waals surface area contributed by atoms with Gasteiger partial charge in [0.15, 0.2) is 5.82 Å². The first-order chi connectivity index (χ1) is 11.0. The topological polar surface area (TPSA) is 58.9 Å². The number of aromatic nitrogens is 4. The van der Waals surface area contributed by atoms with Crippen LogP contribution in [0.25, 0.3) is 11.4 Å². The van der Waals surface area contributed by atoms with Gasteiger partial charge in [-0.25, -0.2) is 9.07 Å². The number of anilines is 1. The van der Waals surface area contributed by atoms with Crippen molar-refractivity contribution in [2.24, 2.45) is 0 Å². The van der Waals surface area contributed by atoms with Crippen molar-refractivity contribution in [1.29, 1.82) is 0 Å². The van der Waals surface area contributed by atoms with E-state index in [4.69, 9.17) is 0 Å². The van der Waals surface area contributed by atoms with E-state index in [2.05, 4.69) is 32.8 Å². The second-order valence-electron chi connectivity index (χ2n) is 6.46. The molecule has 6 nitrogen and oxygen atoms in total. The maximum absolute atomic E-state index is 14.5. The fraction of sp³-hybridized carbons (Fsp3) is 0.562. The summed E-state index contributed by atoms with van der Waals surface area (Å²) < 4.78 is 16.1. The number of benzene rings is 1. The SMILES string of the molecule is CC(C)n1nnnc1-c1ccc(NC2CCN(C)CC2)cc1F. The summed E-state index contributed by atoms with van der Waals surface area (Å²) in [5, 5.41) is 15.0. The van der Waals surface area contributed by atoms with Gasteiger partial charge in [-0.1, -0.05) is 0 Å². The lowest BCUT2D eigenvalue weighted by Gasteiger charge is -2.30. The molecule has 7 heteroatoms. The predicted molar refractivity (Wildman–Crippen MR) is 87.7 cm³/mol. The molecule has 0 saturated carbocycles. The summed E-state index contributed by atoms with van der Waals surface area (Å²) in [5.41, 5.74) is 1.24. The molecule has 3 rings (SSSR count). The Labute approximate surface area is 135 Å². The summed E-state index contributed by atoms with van der Waals surface area (Å²) in [6.45, 7) is 6.07. The van der Waals surface area contributed by atoms with E-state index in [0.717, 1.165) is 31.6 Å². The van der Waals surface area contributed by atoms with Crippen LogP contribution in [0.1, 0.15) is 32.7 Å². The Balaban J connectivity index is 1.77. The average molecular weight is 318 g/mol. The zero-order valence-electron chi connectivity index (χ0n) is 13.8. The molecular weight excluding hydrogens is 295 g/mol. The molecule has 0 unspecified atom stereocenters. The first kappa shape index (κ1) is 15.9. The maximum Gasteiger partial charge on any atom is 0.185 e. The number of hydrogen-bond acceptors (Lipinski definition) is 5. The third-order valence-corrected chi connectivity index (χ3v) is 4.28. The molecule has 1 fully saturated rings. The van der Waals surface area contributed by atoms with Crippen LogP contribution in [0.15, 0.2) is 18.2 Å². The Morgan fingerprint density at radius 1 is 1.26 bits per heavy atom. The molecule has 1 saturated heterocycles. The van der Waals surface area contributed by atoms with Crippen molar-refractivity contribution in [2.75, 3.05) is 25.5 Å². The van der Waals surface area contributed by atoms with Crippen molar-refractivity contribution in [3.05, 3.63) is 24.0 Å². The molecule has 2 aromatic rings. The number of tetrazole rings is 1. The van der Waals surface area contributed by atoms with Crippen LogP contribution in [0.3, 0.4) is 0 Å². The molecule has 1 aromatic carbocycles. The van der Waals surface area contributed by atoms with Gasteiger partial charge in [-0.3, -0.25) is 0 Å². The standard InChI is InChI=1S/C16H23FN6/c1-11(2)23-16(19-20-21-23)14-5-4-13(10-15(14)17)18-12-6-8-22(3)9-7-12/h4-5,10-12,18H,6-9H2,1-3H3. The number of hydrogen-bond donors (Lipinski definition) is 1. The van der Waals surface area contributed by atoms with Gasteiger partial charge in [0.25, 0.3) is 0 Å². The predicted octanol–water partition coefficient (Wildman–Crippen LogP) is 2.57. The molecule has 1 aliphatic rings. The van der Waals surface area contributed by atoms with Crippen LogP contribution in [0, 0.1) is 5.82 Å². The van der Waals surface area contributed by atoms with E-state index in [1.54, 1.807) is 10.7 Å². The Bertz CT molecular complexity index is 660. The molecule has 23 heavy (non-hydrogen) atoms. The summed E-state index contributed by atoms with van der Waals surface area (Å²) in [7, 11) is 2.13. The zero-order valence-corrected chi connectivity index (χ0v) is 13.8. The molecule has 2 heterocycles. The van der Waals surface area contributed by atoms with Crippen molar-refractivity contribution >= 4 is 5.69 Å². The number of likely N-dealkylation sites (tertiary alicyclic amines) is 1.